The molecule has 0 spiro atoms. The molecule has 1 unspecified atom stereocenters. The molecular weight excluding hydrogens is 152 g/mol. The van der Waals surface area contributed by atoms with Crippen molar-refractivity contribution in [2.45, 2.75) is 13.3 Å². The lowest BCUT2D eigenvalue weighted by Crippen LogP contribution is -2.23. The van der Waals surface area contributed by atoms with E-state index < -0.39 is 0 Å². The average Bonchev–Trinajstić information content (AvgIpc) is 2.46. The van der Waals surface area contributed by atoms with Crippen molar-refractivity contribution in [2.75, 3.05) is 17.7 Å². The number of ether oxygens (including phenoxy) is 1. The highest BCUT2D eigenvalue weighted by molar-refractivity contribution is 5.74. The number of hydrogen-bond acceptors (Lipinski definition) is 3. The van der Waals surface area contributed by atoms with E-state index in [1.54, 1.807) is 7.11 Å². The van der Waals surface area contributed by atoms with Gasteiger partial charge in [-0.2, -0.15) is 0 Å². The summed E-state index contributed by atoms with van der Waals surface area (Å²) < 4.78 is 5.11. The van der Waals surface area contributed by atoms with Gasteiger partial charge in [-0.15, -0.1) is 0 Å². The van der Waals surface area contributed by atoms with Gasteiger partial charge in [0, 0.05) is 7.11 Å². The normalized spacial score (nSPS) is 19.7. The van der Waals surface area contributed by atoms with Crippen molar-refractivity contribution in [1.29, 1.82) is 0 Å². The Morgan fingerprint density at radius 1 is 1.25 bits per heavy atom. The van der Waals surface area contributed by atoms with Crippen LogP contribution < -0.4 is 10.6 Å². The fraction of sp³-hybridized carbons (Fsp3) is 0.333. The molecule has 0 aliphatic carbocycles. The van der Waals surface area contributed by atoms with E-state index in [0.29, 0.717) is 0 Å². The summed E-state index contributed by atoms with van der Waals surface area (Å²) in [5.74, 6) is 0. The molecule has 0 fully saturated rings. The van der Waals surface area contributed by atoms with Crippen LogP contribution in [0.3, 0.4) is 0 Å². The number of benzene rings is 1. The molecule has 64 valence electrons. The van der Waals surface area contributed by atoms with E-state index in [0.717, 1.165) is 11.4 Å². The Morgan fingerprint density at radius 2 is 2.00 bits per heavy atom. The molecule has 1 aromatic rings. The Bertz CT molecular complexity index is 299. The van der Waals surface area contributed by atoms with Gasteiger partial charge in [-0.05, 0) is 24.6 Å². The van der Waals surface area contributed by atoms with Crippen molar-refractivity contribution in [2.24, 2.45) is 0 Å². The van der Waals surface area contributed by atoms with Gasteiger partial charge in [-0.1, -0.05) is 6.07 Å². The minimum absolute atomic E-state index is 0.0817. The number of methoxy groups -OCH3 is 1. The Hall–Kier alpha value is -1.22. The zero-order valence-electron chi connectivity index (χ0n) is 7.22. The zero-order valence-corrected chi connectivity index (χ0v) is 7.22. The molecule has 3 nitrogen and oxygen atoms in total. The highest BCUT2D eigenvalue weighted by Crippen LogP contribution is 2.29. The minimum atomic E-state index is -0.0817. The third-order valence-electron chi connectivity index (χ3n) is 1.98. The third kappa shape index (κ3) is 1.12. The Kier molecular flexibility index (Phi) is 1.66. The molecule has 0 aromatic heterocycles. The molecule has 1 aliphatic heterocycles. The molecule has 1 aliphatic rings. The van der Waals surface area contributed by atoms with Crippen LogP contribution in [0.4, 0.5) is 11.4 Å². The van der Waals surface area contributed by atoms with E-state index >= 15 is 0 Å². The standard InChI is InChI=1S/C9H12N2O/c1-6-3-4-7-8(5-6)11-9(10-7)12-2/h3-5,9-11H,1-2H3. The van der Waals surface area contributed by atoms with Gasteiger partial charge in [0.2, 0.25) is 6.35 Å². The van der Waals surface area contributed by atoms with Crippen LogP contribution >= 0.6 is 0 Å². The maximum Gasteiger partial charge on any atom is 0.205 e. The van der Waals surface area contributed by atoms with Crippen molar-refractivity contribution in [1.82, 2.24) is 0 Å². The molecule has 3 heteroatoms. The van der Waals surface area contributed by atoms with Crippen molar-refractivity contribution >= 4 is 11.4 Å². The van der Waals surface area contributed by atoms with E-state index in [2.05, 4.69) is 35.8 Å². The van der Waals surface area contributed by atoms with Crippen LogP contribution in [-0.4, -0.2) is 13.5 Å². The number of hydrogen-bond donors (Lipinski definition) is 2. The van der Waals surface area contributed by atoms with Crippen molar-refractivity contribution in [3.63, 3.8) is 0 Å². The maximum absolute atomic E-state index is 5.11. The molecule has 12 heavy (non-hydrogen) atoms. The second-order valence-corrected chi connectivity index (χ2v) is 2.95. The monoisotopic (exact) mass is 164 g/mol. The highest BCUT2D eigenvalue weighted by Gasteiger charge is 2.17. The van der Waals surface area contributed by atoms with Gasteiger partial charge >= 0.3 is 0 Å². The van der Waals surface area contributed by atoms with E-state index in [1.807, 2.05) is 0 Å². The molecular formula is C9H12N2O. The van der Waals surface area contributed by atoms with Gasteiger partial charge in [0.1, 0.15) is 0 Å². The summed E-state index contributed by atoms with van der Waals surface area (Å²) in [7, 11) is 1.67. The van der Waals surface area contributed by atoms with Crippen molar-refractivity contribution in [3.05, 3.63) is 23.8 Å². The lowest BCUT2D eigenvalue weighted by Gasteiger charge is -2.07. The molecule has 0 saturated carbocycles. The summed E-state index contributed by atoms with van der Waals surface area (Å²) in [6.45, 7) is 2.07. The molecule has 1 heterocycles. The van der Waals surface area contributed by atoms with Gasteiger partial charge in [0.15, 0.2) is 0 Å². The van der Waals surface area contributed by atoms with E-state index in [9.17, 15) is 0 Å². The fourth-order valence-electron chi connectivity index (χ4n) is 1.34. The van der Waals surface area contributed by atoms with Gasteiger partial charge in [-0.3, -0.25) is 0 Å². The predicted octanol–water partition coefficient (Wildman–Crippen LogP) is 1.76. The first kappa shape index (κ1) is 7.43. The van der Waals surface area contributed by atoms with Crippen LogP contribution in [0.25, 0.3) is 0 Å². The number of fused-ring (bicyclic) bond motifs is 1. The molecule has 0 saturated heterocycles. The lowest BCUT2D eigenvalue weighted by atomic mass is 10.2. The minimum Gasteiger partial charge on any atom is -0.344 e. The Morgan fingerprint density at radius 3 is 2.75 bits per heavy atom. The van der Waals surface area contributed by atoms with Crippen LogP contribution in [0.1, 0.15) is 5.56 Å². The smallest absolute Gasteiger partial charge is 0.205 e. The van der Waals surface area contributed by atoms with Gasteiger partial charge in [0.05, 0.1) is 11.4 Å². The molecule has 0 amide bonds. The zero-order chi connectivity index (χ0) is 8.55. The molecule has 1 atom stereocenters. The second kappa shape index (κ2) is 2.68. The SMILES string of the molecule is COC1Nc2ccc(C)cc2N1. The van der Waals surface area contributed by atoms with Crippen LogP contribution in [-0.2, 0) is 4.74 Å². The second-order valence-electron chi connectivity index (χ2n) is 2.95. The molecule has 2 rings (SSSR count). The van der Waals surface area contributed by atoms with Gasteiger partial charge in [-0.25, -0.2) is 0 Å². The molecule has 1 aromatic carbocycles. The number of aryl methyl sites for hydroxylation is 1. The lowest BCUT2D eigenvalue weighted by molar-refractivity contribution is 0.152. The molecule has 2 N–H and O–H groups in total. The van der Waals surface area contributed by atoms with E-state index in [1.165, 1.54) is 5.56 Å². The first-order valence-electron chi connectivity index (χ1n) is 3.96. The summed E-state index contributed by atoms with van der Waals surface area (Å²) in [6, 6.07) is 6.23. The number of nitrogens with one attached hydrogen (secondary N) is 2. The topological polar surface area (TPSA) is 33.3 Å². The van der Waals surface area contributed by atoms with Gasteiger partial charge in [0.25, 0.3) is 0 Å². The van der Waals surface area contributed by atoms with E-state index in [-0.39, 0.29) is 6.35 Å². The predicted molar refractivity (Wildman–Crippen MR) is 49.2 cm³/mol. The summed E-state index contributed by atoms with van der Waals surface area (Å²) in [4.78, 5) is 0. The van der Waals surface area contributed by atoms with Crippen molar-refractivity contribution < 1.29 is 4.74 Å². The summed E-state index contributed by atoms with van der Waals surface area (Å²) in [6.07, 6.45) is -0.0817. The van der Waals surface area contributed by atoms with Crippen molar-refractivity contribution in [3.8, 4) is 0 Å². The average molecular weight is 164 g/mol. The number of anilines is 2. The van der Waals surface area contributed by atoms with Crippen LogP contribution in [0.5, 0.6) is 0 Å². The van der Waals surface area contributed by atoms with Crippen LogP contribution in [0.2, 0.25) is 0 Å². The first-order chi connectivity index (χ1) is 5.79. The number of rotatable bonds is 1. The fourth-order valence-corrected chi connectivity index (χ4v) is 1.34. The largest absolute Gasteiger partial charge is 0.344 e. The quantitative estimate of drug-likeness (QED) is 0.663. The van der Waals surface area contributed by atoms with Crippen LogP contribution in [0.15, 0.2) is 18.2 Å². The van der Waals surface area contributed by atoms with Gasteiger partial charge < -0.3 is 15.4 Å². The maximum atomic E-state index is 5.11. The summed E-state index contributed by atoms with van der Waals surface area (Å²) >= 11 is 0. The summed E-state index contributed by atoms with van der Waals surface area (Å²) in [5, 5.41) is 6.37. The molecule has 0 bridgehead atoms. The highest BCUT2D eigenvalue weighted by atomic mass is 16.5. The Balaban J connectivity index is 2.30. The third-order valence-corrected chi connectivity index (χ3v) is 1.98. The van der Waals surface area contributed by atoms with Crippen LogP contribution in [0, 0.1) is 6.92 Å². The first-order valence-corrected chi connectivity index (χ1v) is 3.96. The Labute approximate surface area is 71.7 Å². The summed E-state index contributed by atoms with van der Waals surface area (Å²) in [5.41, 5.74) is 3.47. The van der Waals surface area contributed by atoms with E-state index in [4.69, 9.17) is 4.74 Å². The molecule has 0 radical (unpaired) electrons.